The highest BCUT2D eigenvalue weighted by atomic mass is 32.1. The fraction of sp³-hybridized carbons (Fsp3) is 0.708. The average Bonchev–Trinajstić information content (AvgIpc) is 3.08. The summed E-state index contributed by atoms with van der Waals surface area (Å²) in [5, 5.41) is 13.1. The van der Waals surface area contributed by atoms with Crippen LogP contribution in [0.5, 0.6) is 0 Å². The number of likely N-dealkylation sites (tertiary alicyclic amines) is 1. The minimum Gasteiger partial charge on any atom is -0.389 e. The Balaban J connectivity index is 1.65. The zero-order valence-electron chi connectivity index (χ0n) is 20.4. The molecular formula is C24H38N6O2S. The quantitative estimate of drug-likeness (QED) is 0.561. The van der Waals surface area contributed by atoms with Gasteiger partial charge in [-0.2, -0.15) is 5.26 Å². The molecule has 1 saturated heterocycles. The topological polar surface area (TPSA) is 106 Å². The molecule has 0 bridgehead atoms. The van der Waals surface area contributed by atoms with Gasteiger partial charge in [0.2, 0.25) is 5.91 Å². The van der Waals surface area contributed by atoms with Crippen molar-refractivity contribution >= 4 is 28.3 Å². The van der Waals surface area contributed by atoms with E-state index < -0.39 is 0 Å². The van der Waals surface area contributed by atoms with Crippen LogP contribution in [0, 0.1) is 23.2 Å². The van der Waals surface area contributed by atoms with Gasteiger partial charge in [-0.1, -0.05) is 6.92 Å². The molecule has 0 aromatic carbocycles. The fourth-order valence-corrected chi connectivity index (χ4v) is 6.35. The number of nitrogens with zero attached hydrogens (tertiary/aromatic N) is 4. The Kier molecular flexibility index (Phi) is 8.74. The van der Waals surface area contributed by atoms with Crippen LogP contribution in [-0.4, -0.2) is 80.0 Å². The van der Waals surface area contributed by atoms with E-state index in [4.69, 9.17) is 5.73 Å². The summed E-state index contributed by atoms with van der Waals surface area (Å²) in [7, 11) is 6.14. The van der Waals surface area contributed by atoms with Crippen LogP contribution in [0.25, 0.3) is 0 Å². The van der Waals surface area contributed by atoms with E-state index in [1.54, 1.807) is 0 Å². The van der Waals surface area contributed by atoms with Gasteiger partial charge >= 0.3 is 6.03 Å². The third kappa shape index (κ3) is 5.86. The van der Waals surface area contributed by atoms with E-state index in [1.807, 2.05) is 21.0 Å². The summed E-state index contributed by atoms with van der Waals surface area (Å²) in [5.41, 5.74) is 7.78. The largest absolute Gasteiger partial charge is 0.389 e. The number of nitrogens with one attached hydrogen (secondary N) is 1. The summed E-state index contributed by atoms with van der Waals surface area (Å²) in [6.45, 7) is 4.63. The molecule has 1 aromatic heterocycles. The minimum atomic E-state index is -0.278. The molecule has 3 N–H and O–H groups in total. The van der Waals surface area contributed by atoms with E-state index in [2.05, 4.69) is 28.2 Å². The lowest BCUT2D eigenvalue weighted by Gasteiger charge is -2.45. The molecule has 9 heteroatoms. The zero-order chi connectivity index (χ0) is 24.1. The van der Waals surface area contributed by atoms with Gasteiger partial charge in [0, 0.05) is 30.6 Å². The third-order valence-electron chi connectivity index (χ3n) is 6.91. The number of nitriles is 1. The molecule has 0 radical (unpaired) electrons. The molecule has 1 aliphatic heterocycles. The first-order valence-corrected chi connectivity index (χ1v) is 12.8. The van der Waals surface area contributed by atoms with Crippen molar-refractivity contribution in [3.05, 3.63) is 16.0 Å². The Labute approximate surface area is 201 Å². The van der Waals surface area contributed by atoms with Gasteiger partial charge in [0.05, 0.1) is 11.5 Å². The normalized spacial score (nSPS) is 22.4. The Morgan fingerprint density at radius 3 is 2.70 bits per heavy atom. The van der Waals surface area contributed by atoms with E-state index in [0.717, 1.165) is 50.6 Å². The molecule has 1 aliphatic carbocycles. The number of likely N-dealkylation sites (N-methyl/N-ethyl adjacent to an activating group) is 1. The molecule has 3 rings (SSSR count). The number of carbonyl (C=O) groups excluding carboxylic acids is 2. The molecule has 33 heavy (non-hydrogen) atoms. The zero-order valence-corrected chi connectivity index (χ0v) is 21.2. The Hall–Kier alpha value is -2.15. The van der Waals surface area contributed by atoms with Crippen LogP contribution >= 0.6 is 11.3 Å². The molecule has 8 nitrogen and oxygen atoms in total. The number of rotatable bonds is 8. The van der Waals surface area contributed by atoms with Gasteiger partial charge in [-0.15, -0.1) is 11.3 Å². The van der Waals surface area contributed by atoms with Crippen LogP contribution in [-0.2, 0) is 17.6 Å². The van der Waals surface area contributed by atoms with E-state index in [0.29, 0.717) is 36.2 Å². The summed E-state index contributed by atoms with van der Waals surface area (Å²) in [6.07, 6.45) is 5.02. The van der Waals surface area contributed by atoms with Crippen LogP contribution < -0.4 is 11.1 Å². The van der Waals surface area contributed by atoms with Gasteiger partial charge in [0.1, 0.15) is 11.1 Å². The first-order valence-electron chi connectivity index (χ1n) is 12.0. The highest BCUT2D eigenvalue weighted by Crippen LogP contribution is 2.42. The number of hydrogen-bond donors (Lipinski definition) is 2. The number of imide groups is 1. The predicted octanol–water partition coefficient (Wildman–Crippen LogP) is 2.53. The van der Waals surface area contributed by atoms with Gasteiger partial charge in [0.25, 0.3) is 0 Å². The second kappa shape index (κ2) is 11.3. The van der Waals surface area contributed by atoms with E-state index in [1.165, 1.54) is 21.1 Å². The molecule has 2 aliphatic rings. The predicted molar refractivity (Wildman–Crippen MR) is 132 cm³/mol. The number of piperidine rings is 1. The van der Waals surface area contributed by atoms with Crippen molar-refractivity contribution in [1.29, 1.82) is 5.26 Å². The molecule has 2 heterocycles. The number of urea groups is 1. The maximum absolute atomic E-state index is 13.5. The molecular weight excluding hydrogens is 436 g/mol. The molecule has 0 saturated carbocycles. The smallest absolute Gasteiger partial charge is 0.324 e. The first-order chi connectivity index (χ1) is 15.8. The maximum atomic E-state index is 13.5. The molecule has 1 aromatic rings. The highest BCUT2D eigenvalue weighted by Gasteiger charge is 2.43. The summed E-state index contributed by atoms with van der Waals surface area (Å²) < 4.78 is 0. The lowest BCUT2D eigenvalue weighted by atomic mass is 9.74. The van der Waals surface area contributed by atoms with Crippen molar-refractivity contribution in [3.63, 3.8) is 0 Å². The fourth-order valence-electron chi connectivity index (χ4n) is 5.25. The number of carbonyl (C=O) groups is 2. The lowest BCUT2D eigenvalue weighted by Crippen LogP contribution is -2.55. The first kappa shape index (κ1) is 25.5. The molecule has 0 spiro atoms. The Morgan fingerprint density at radius 2 is 2.03 bits per heavy atom. The van der Waals surface area contributed by atoms with E-state index >= 15 is 0 Å². The number of thiophene rings is 1. The van der Waals surface area contributed by atoms with Crippen molar-refractivity contribution in [2.45, 2.75) is 51.5 Å². The summed E-state index contributed by atoms with van der Waals surface area (Å²) >= 11 is 1.53. The highest BCUT2D eigenvalue weighted by molar-refractivity contribution is 7.16. The van der Waals surface area contributed by atoms with Crippen LogP contribution in [0.4, 0.5) is 9.80 Å². The SMILES string of the molecule is CCCN(C(=O)NCCCCN(C)C)C(=O)[C@@H]1C[C@@H]2Cc3c(sc(N)c3C#N)C[C@H]2N(C)C1. The Bertz CT molecular complexity index is 892. The second-order valence-corrected chi connectivity index (χ2v) is 10.8. The average molecular weight is 475 g/mol. The number of nitrogens with two attached hydrogens (primary N) is 1. The third-order valence-corrected chi connectivity index (χ3v) is 8.00. The minimum absolute atomic E-state index is 0.0796. The number of unbranched alkanes of at least 4 members (excludes halogenated alkanes) is 1. The monoisotopic (exact) mass is 474 g/mol. The Morgan fingerprint density at radius 1 is 1.27 bits per heavy atom. The lowest BCUT2D eigenvalue weighted by molar-refractivity contribution is -0.136. The van der Waals surface area contributed by atoms with Gasteiger partial charge in [-0.05, 0) is 77.7 Å². The summed E-state index contributed by atoms with van der Waals surface area (Å²) in [6, 6.07) is 2.34. The maximum Gasteiger partial charge on any atom is 0.324 e. The van der Waals surface area contributed by atoms with Crippen molar-refractivity contribution < 1.29 is 9.59 Å². The van der Waals surface area contributed by atoms with Crippen molar-refractivity contribution in [1.82, 2.24) is 20.0 Å². The summed E-state index contributed by atoms with van der Waals surface area (Å²) in [5.74, 6) is -0.0155. The van der Waals surface area contributed by atoms with Crippen molar-refractivity contribution in [3.8, 4) is 6.07 Å². The van der Waals surface area contributed by atoms with Gasteiger partial charge in [0.15, 0.2) is 0 Å². The van der Waals surface area contributed by atoms with E-state index in [9.17, 15) is 14.9 Å². The van der Waals surface area contributed by atoms with Gasteiger partial charge in [-0.3, -0.25) is 9.69 Å². The van der Waals surface area contributed by atoms with Gasteiger partial charge < -0.3 is 20.9 Å². The van der Waals surface area contributed by atoms with E-state index in [-0.39, 0.29) is 23.8 Å². The molecule has 3 atom stereocenters. The van der Waals surface area contributed by atoms with Crippen molar-refractivity contribution in [2.75, 3.05) is 53.1 Å². The van der Waals surface area contributed by atoms with Gasteiger partial charge in [-0.25, -0.2) is 4.79 Å². The van der Waals surface area contributed by atoms with Crippen LogP contribution in [0.3, 0.4) is 0 Å². The molecule has 0 unspecified atom stereocenters. The van der Waals surface area contributed by atoms with Crippen LogP contribution in [0.2, 0.25) is 0 Å². The number of nitrogen functional groups attached to an aromatic ring is 1. The van der Waals surface area contributed by atoms with Crippen molar-refractivity contribution in [2.24, 2.45) is 11.8 Å². The number of amides is 3. The number of fused-ring (bicyclic) bond motifs is 2. The van der Waals surface area contributed by atoms with Crippen LogP contribution in [0.1, 0.15) is 48.6 Å². The number of hydrogen-bond acceptors (Lipinski definition) is 7. The molecule has 1 fully saturated rings. The molecule has 182 valence electrons. The molecule has 3 amide bonds. The number of anilines is 1. The van der Waals surface area contributed by atoms with Crippen LogP contribution in [0.15, 0.2) is 0 Å². The summed E-state index contributed by atoms with van der Waals surface area (Å²) in [4.78, 5) is 33.3. The standard InChI is InChI=1S/C24H38N6O2S/c1-5-9-30(24(32)27-8-6-7-10-28(2)3)23(31)17-11-16-12-18-19(14-25)22(26)33-21(18)13-20(16)29(4)15-17/h16-17,20H,5-13,15,26H2,1-4H3,(H,27,32)/t16-,17-,20-/m1/s1. The second-order valence-electron chi connectivity index (χ2n) is 9.69.